The number of rotatable bonds is 3. The van der Waals surface area contributed by atoms with Gasteiger partial charge in [0.2, 0.25) is 5.89 Å². The van der Waals surface area contributed by atoms with Crippen LogP contribution in [0.25, 0.3) is 0 Å². The van der Waals surface area contributed by atoms with Crippen LogP contribution in [0.1, 0.15) is 24.2 Å². The van der Waals surface area contributed by atoms with Crippen LogP contribution < -0.4 is 5.32 Å². The van der Waals surface area contributed by atoms with Crippen molar-refractivity contribution in [2.45, 2.75) is 24.3 Å². The molecule has 0 aromatic carbocycles. The van der Waals surface area contributed by atoms with Crippen LogP contribution in [0.15, 0.2) is 4.52 Å². The van der Waals surface area contributed by atoms with Crippen LogP contribution in [-0.2, 0) is 5.75 Å². The zero-order chi connectivity index (χ0) is 9.97. The van der Waals surface area contributed by atoms with Crippen LogP contribution in [0.4, 0.5) is 0 Å². The number of nitrogens with zero attached hydrogens (tertiary/aromatic N) is 2. The fourth-order valence-corrected chi connectivity index (χ4v) is 1.88. The van der Waals surface area contributed by atoms with E-state index in [0.717, 1.165) is 11.6 Å². The van der Waals surface area contributed by atoms with E-state index in [0.29, 0.717) is 18.9 Å². The van der Waals surface area contributed by atoms with Gasteiger partial charge in [-0.1, -0.05) is 5.16 Å². The van der Waals surface area contributed by atoms with Crippen molar-refractivity contribution in [2.24, 2.45) is 0 Å². The number of aromatic nitrogens is 2. The number of hydrogen-bond acceptors (Lipinski definition) is 6. The lowest BCUT2D eigenvalue weighted by Gasteiger charge is -2.01. The molecule has 1 aromatic rings. The van der Waals surface area contributed by atoms with Crippen molar-refractivity contribution in [3.8, 4) is 0 Å². The molecule has 1 aliphatic heterocycles. The van der Waals surface area contributed by atoms with Crippen molar-refractivity contribution in [3.05, 3.63) is 11.7 Å². The lowest BCUT2D eigenvalue weighted by Crippen LogP contribution is -2.15. The van der Waals surface area contributed by atoms with Crippen molar-refractivity contribution < 1.29 is 9.63 Å². The highest BCUT2D eigenvalue weighted by atomic mass is 32.2. The SMILES string of the molecule is CSCc1noc([C@H]2C[C@H](O)CN2)n1. The van der Waals surface area contributed by atoms with Gasteiger partial charge in [-0.2, -0.15) is 16.7 Å². The fraction of sp³-hybridized carbons (Fsp3) is 0.750. The first-order valence-electron chi connectivity index (χ1n) is 4.52. The summed E-state index contributed by atoms with van der Waals surface area (Å²) in [5.41, 5.74) is 0. The minimum Gasteiger partial charge on any atom is -0.392 e. The van der Waals surface area contributed by atoms with E-state index < -0.39 is 0 Å². The molecule has 2 heterocycles. The molecule has 1 aromatic heterocycles. The molecule has 1 saturated heterocycles. The Kier molecular flexibility index (Phi) is 3.05. The smallest absolute Gasteiger partial charge is 0.243 e. The number of aliphatic hydroxyl groups excluding tert-OH is 1. The Morgan fingerprint density at radius 2 is 2.57 bits per heavy atom. The first kappa shape index (κ1) is 9.95. The highest BCUT2D eigenvalue weighted by Crippen LogP contribution is 2.22. The molecule has 0 radical (unpaired) electrons. The average molecular weight is 215 g/mol. The molecule has 2 rings (SSSR count). The van der Waals surface area contributed by atoms with Gasteiger partial charge in [0.05, 0.1) is 17.9 Å². The van der Waals surface area contributed by atoms with Crippen molar-refractivity contribution >= 4 is 11.8 Å². The van der Waals surface area contributed by atoms with Gasteiger partial charge in [0.15, 0.2) is 5.82 Å². The maximum absolute atomic E-state index is 9.31. The third-order valence-corrected chi connectivity index (χ3v) is 2.71. The zero-order valence-corrected chi connectivity index (χ0v) is 8.75. The molecule has 0 saturated carbocycles. The Balaban J connectivity index is 2.02. The van der Waals surface area contributed by atoms with E-state index >= 15 is 0 Å². The van der Waals surface area contributed by atoms with Crippen LogP contribution >= 0.6 is 11.8 Å². The molecule has 6 heteroatoms. The predicted molar refractivity (Wildman–Crippen MR) is 52.9 cm³/mol. The average Bonchev–Trinajstić information content (AvgIpc) is 2.74. The molecule has 2 N–H and O–H groups in total. The Morgan fingerprint density at radius 3 is 3.21 bits per heavy atom. The molecule has 78 valence electrons. The maximum Gasteiger partial charge on any atom is 0.243 e. The van der Waals surface area contributed by atoms with Gasteiger partial charge in [-0.05, 0) is 12.7 Å². The molecule has 0 spiro atoms. The molecule has 0 bridgehead atoms. The van der Waals surface area contributed by atoms with Gasteiger partial charge in [-0.15, -0.1) is 0 Å². The first-order chi connectivity index (χ1) is 6.79. The van der Waals surface area contributed by atoms with E-state index in [1.807, 2.05) is 6.26 Å². The zero-order valence-electron chi connectivity index (χ0n) is 7.93. The molecule has 1 fully saturated rings. The van der Waals surface area contributed by atoms with Crippen molar-refractivity contribution in [3.63, 3.8) is 0 Å². The predicted octanol–water partition coefficient (Wildman–Crippen LogP) is 0.328. The third-order valence-electron chi connectivity index (χ3n) is 2.16. The minimum atomic E-state index is -0.295. The summed E-state index contributed by atoms with van der Waals surface area (Å²) in [5, 5.41) is 16.3. The Bertz CT molecular complexity index is 305. The number of hydrogen-bond donors (Lipinski definition) is 2. The molecule has 0 aliphatic carbocycles. The Labute approximate surface area is 86.3 Å². The van der Waals surface area contributed by atoms with Crippen LogP contribution in [0.5, 0.6) is 0 Å². The van der Waals surface area contributed by atoms with E-state index in [-0.39, 0.29) is 12.1 Å². The third kappa shape index (κ3) is 2.08. The minimum absolute atomic E-state index is 0.0214. The summed E-state index contributed by atoms with van der Waals surface area (Å²) in [4.78, 5) is 4.24. The number of aliphatic hydroxyl groups is 1. The van der Waals surface area contributed by atoms with Crippen molar-refractivity contribution in [1.82, 2.24) is 15.5 Å². The number of nitrogens with one attached hydrogen (secondary N) is 1. The number of β-amino-alcohol motifs (C(OH)–C–C–N with tert-alkyl or cyclic N) is 1. The maximum atomic E-state index is 9.31. The Morgan fingerprint density at radius 1 is 1.71 bits per heavy atom. The molecular weight excluding hydrogens is 202 g/mol. The molecule has 5 nitrogen and oxygen atoms in total. The highest BCUT2D eigenvalue weighted by molar-refractivity contribution is 7.97. The second-order valence-corrected chi connectivity index (χ2v) is 4.20. The van der Waals surface area contributed by atoms with Crippen LogP contribution in [0.3, 0.4) is 0 Å². The molecule has 1 aliphatic rings. The summed E-state index contributed by atoms with van der Waals surface area (Å²) in [6.07, 6.45) is 2.35. The summed E-state index contributed by atoms with van der Waals surface area (Å²) in [7, 11) is 0. The molecular formula is C8H13N3O2S. The normalized spacial score (nSPS) is 27.0. The monoisotopic (exact) mass is 215 g/mol. The summed E-state index contributed by atoms with van der Waals surface area (Å²) >= 11 is 1.66. The second-order valence-electron chi connectivity index (χ2n) is 3.33. The van der Waals surface area contributed by atoms with Crippen LogP contribution in [-0.4, -0.2) is 34.2 Å². The molecule has 2 atom stereocenters. The van der Waals surface area contributed by atoms with Gasteiger partial charge < -0.3 is 14.9 Å². The lowest BCUT2D eigenvalue weighted by molar-refractivity contribution is 0.191. The van der Waals surface area contributed by atoms with E-state index in [2.05, 4.69) is 15.5 Å². The van der Waals surface area contributed by atoms with Gasteiger partial charge in [0.25, 0.3) is 0 Å². The summed E-state index contributed by atoms with van der Waals surface area (Å²) in [6, 6.07) is 0.0214. The quantitative estimate of drug-likeness (QED) is 0.757. The highest BCUT2D eigenvalue weighted by Gasteiger charge is 2.27. The summed E-state index contributed by atoms with van der Waals surface area (Å²) < 4.78 is 5.10. The topological polar surface area (TPSA) is 71.2 Å². The molecule has 0 amide bonds. The van der Waals surface area contributed by atoms with Crippen molar-refractivity contribution in [2.75, 3.05) is 12.8 Å². The fourth-order valence-electron chi connectivity index (χ4n) is 1.50. The molecule has 0 unspecified atom stereocenters. The van der Waals surface area contributed by atoms with Gasteiger partial charge in [0.1, 0.15) is 0 Å². The van der Waals surface area contributed by atoms with E-state index in [1.165, 1.54) is 0 Å². The van der Waals surface area contributed by atoms with E-state index in [1.54, 1.807) is 11.8 Å². The largest absolute Gasteiger partial charge is 0.392 e. The molecule has 14 heavy (non-hydrogen) atoms. The van der Waals surface area contributed by atoms with Gasteiger partial charge in [-0.3, -0.25) is 0 Å². The first-order valence-corrected chi connectivity index (χ1v) is 5.92. The van der Waals surface area contributed by atoms with Crippen LogP contribution in [0.2, 0.25) is 0 Å². The second kappa shape index (κ2) is 4.29. The van der Waals surface area contributed by atoms with Gasteiger partial charge in [0, 0.05) is 6.54 Å². The van der Waals surface area contributed by atoms with Gasteiger partial charge in [-0.25, -0.2) is 0 Å². The Hall–Kier alpha value is -0.590. The van der Waals surface area contributed by atoms with E-state index in [4.69, 9.17) is 4.52 Å². The van der Waals surface area contributed by atoms with Gasteiger partial charge >= 0.3 is 0 Å². The summed E-state index contributed by atoms with van der Waals surface area (Å²) in [5.74, 6) is 2.07. The van der Waals surface area contributed by atoms with Crippen molar-refractivity contribution in [1.29, 1.82) is 0 Å². The van der Waals surface area contributed by atoms with Crippen LogP contribution in [0, 0.1) is 0 Å². The lowest BCUT2D eigenvalue weighted by atomic mass is 10.2. The van der Waals surface area contributed by atoms with E-state index in [9.17, 15) is 5.11 Å². The summed E-state index contributed by atoms with van der Waals surface area (Å²) in [6.45, 7) is 0.602. The standard InChI is InChI=1S/C8H13N3O2S/c1-14-4-7-10-8(13-11-7)6-2-5(12)3-9-6/h5-6,9,12H,2-4H2,1H3/t5-,6+/m0/s1. The number of thioether (sulfide) groups is 1.